The van der Waals surface area contributed by atoms with Crippen LogP contribution in [0.25, 0.3) is 11.3 Å². The van der Waals surface area contributed by atoms with Gasteiger partial charge in [-0.05, 0) is 24.6 Å². The van der Waals surface area contributed by atoms with Crippen LogP contribution in [0.4, 0.5) is 0 Å². The number of nitrogens with zero attached hydrogens (tertiary/aromatic N) is 3. The highest BCUT2D eigenvalue weighted by molar-refractivity contribution is 5.60. The minimum Gasteiger partial charge on any atom is -0.497 e. The van der Waals surface area contributed by atoms with Gasteiger partial charge in [-0.1, -0.05) is 42.5 Å². The molecule has 0 saturated heterocycles. The Hall–Kier alpha value is -2.66. The zero-order valence-corrected chi connectivity index (χ0v) is 14.1. The van der Waals surface area contributed by atoms with Gasteiger partial charge in [0.1, 0.15) is 17.1 Å². The molecular weight excluding hydrogens is 300 g/mol. The Kier molecular flexibility index (Phi) is 5.23. The molecule has 3 rings (SSSR count). The minimum absolute atomic E-state index is 0.677. The zero-order chi connectivity index (χ0) is 16.8. The highest BCUT2D eigenvalue weighted by Gasteiger charge is 2.12. The Bertz CT molecular complexity index is 766. The lowest BCUT2D eigenvalue weighted by atomic mass is 10.1. The molecule has 1 aromatic heterocycles. The molecule has 0 radical (unpaired) electrons. The highest BCUT2D eigenvalue weighted by atomic mass is 16.5. The molecule has 124 valence electrons. The number of methoxy groups -OCH3 is 1. The summed E-state index contributed by atoms with van der Waals surface area (Å²) in [5, 5.41) is 12.6. The van der Waals surface area contributed by atoms with Crippen molar-refractivity contribution < 1.29 is 4.74 Å². The number of hydrogen-bond acceptors (Lipinski definition) is 4. The van der Waals surface area contributed by atoms with Crippen molar-refractivity contribution in [3.63, 3.8) is 0 Å². The zero-order valence-electron chi connectivity index (χ0n) is 14.1. The van der Waals surface area contributed by atoms with Crippen molar-refractivity contribution in [3.8, 4) is 17.0 Å². The first-order valence-corrected chi connectivity index (χ1v) is 8.13. The first kappa shape index (κ1) is 16.2. The predicted molar refractivity (Wildman–Crippen MR) is 94.7 cm³/mol. The number of hydrogen-bond donors (Lipinski definition) is 1. The molecule has 1 N–H and O–H groups in total. The monoisotopic (exact) mass is 322 g/mol. The van der Waals surface area contributed by atoms with E-state index in [1.54, 1.807) is 11.9 Å². The molecule has 0 atom stereocenters. The highest BCUT2D eigenvalue weighted by Crippen LogP contribution is 2.20. The fraction of sp³-hybridized carbons (Fsp3) is 0.263. The maximum Gasteiger partial charge on any atom is 0.118 e. The van der Waals surface area contributed by atoms with Gasteiger partial charge in [-0.15, -0.1) is 0 Å². The number of rotatable bonds is 7. The standard InChI is InChI=1S/C19H22N4O/c1-3-23-21-18(19(22-23)16-7-5-4-6-8-16)14-20-13-15-9-11-17(24-2)12-10-15/h4-12,20H,3,13-14H2,1-2H3. The molecule has 1 heterocycles. The second-order valence-electron chi connectivity index (χ2n) is 5.50. The molecule has 5 nitrogen and oxygen atoms in total. The summed E-state index contributed by atoms with van der Waals surface area (Å²) >= 11 is 0. The Labute approximate surface area is 142 Å². The van der Waals surface area contributed by atoms with Crippen LogP contribution < -0.4 is 10.1 Å². The van der Waals surface area contributed by atoms with Crippen LogP contribution in [0.15, 0.2) is 54.6 Å². The predicted octanol–water partition coefficient (Wildman–Crippen LogP) is 3.26. The van der Waals surface area contributed by atoms with Crippen LogP contribution in [-0.2, 0) is 19.6 Å². The van der Waals surface area contributed by atoms with E-state index in [0.717, 1.165) is 35.8 Å². The van der Waals surface area contributed by atoms with Gasteiger partial charge in [0.15, 0.2) is 0 Å². The molecule has 0 amide bonds. The number of aryl methyl sites for hydroxylation is 1. The second-order valence-corrected chi connectivity index (χ2v) is 5.50. The average Bonchev–Trinajstić information content (AvgIpc) is 3.06. The summed E-state index contributed by atoms with van der Waals surface area (Å²) in [6.07, 6.45) is 0. The van der Waals surface area contributed by atoms with E-state index in [0.29, 0.717) is 6.54 Å². The summed E-state index contributed by atoms with van der Waals surface area (Å²) in [5.74, 6) is 0.871. The maximum atomic E-state index is 5.18. The first-order valence-electron chi connectivity index (χ1n) is 8.13. The van der Waals surface area contributed by atoms with E-state index in [2.05, 4.69) is 39.8 Å². The van der Waals surface area contributed by atoms with Gasteiger partial charge in [-0.25, -0.2) is 0 Å². The topological polar surface area (TPSA) is 52.0 Å². The van der Waals surface area contributed by atoms with Gasteiger partial charge in [0.25, 0.3) is 0 Å². The normalized spacial score (nSPS) is 10.8. The molecule has 0 aliphatic heterocycles. The molecule has 0 aliphatic rings. The number of benzene rings is 2. The van der Waals surface area contributed by atoms with Gasteiger partial charge >= 0.3 is 0 Å². The van der Waals surface area contributed by atoms with Gasteiger partial charge in [-0.2, -0.15) is 15.0 Å². The largest absolute Gasteiger partial charge is 0.497 e. The third kappa shape index (κ3) is 3.81. The van der Waals surface area contributed by atoms with Crippen LogP contribution in [0.5, 0.6) is 5.75 Å². The smallest absolute Gasteiger partial charge is 0.118 e. The quantitative estimate of drug-likeness (QED) is 0.725. The summed E-state index contributed by atoms with van der Waals surface area (Å²) in [4.78, 5) is 1.74. The first-order chi connectivity index (χ1) is 11.8. The third-order valence-corrected chi connectivity index (χ3v) is 3.84. The van der Waals surface area contributed by atoms with E-state index in [1.807, 2.05) is 37.3 Å². The summed E-state index contributed by atoms with van der Waals surface area (Å²) in [7, 11) is 1.68. The average molecular weight is 322 g/mol. The third-order valence-electron chi connectivity index (χ3n) is 3.84. The van der Waals surface area contributed by atoms with Gasteiger partial charge in [0.05, 0.1) is 13.7 Å². The maximum absolute atomic E-state index is 5.18. The van der Waals surface area contributed by atoms with Crippen LogP contribution >= 0.6 is 0 Å². The van der Waals surface area contributed by atoms with Gasteiger partial charge in [0.2, 0.25) is 0 Å². The van der Waals surface area contributed by atoms with Crippen LogP contribution in [0.1, 0.15) is 18.2 Å². The van der Waals surface area contributed by atoms with E-state index < -0.39 is 0 Å². The lowest BCUT2D eigenvalue weighted by Gasteiger charge is -2.06. The lowest BCUT2D eigenvalue weighted by molar-refractivity contribution is 0.414. The van der Waals surface area contributed by atoms with Crippen molar-refractivity contribution in [3.05, 3.63) is 65.9 Å². The van der Waals surface area contributed by atoms with Crippen molar-refractivity contribution in [1.29, 1.82) is 0 Å². The van der Waals surface area contributed by atoms with Crippen molar-refractivity contribution in [2.45, 2.75) is 26.6 Å². The molecule has 0 fully saturated rings. The molecule has 0 spiro atoms. The van der Waals surface area contributed by atoms with Crippen LogP contribution in [-0.4, -0.2) is 22.1 Å². The molecule has 5 heteroatoms. The Morgan fingerprint density at radius 1 is 0.958 bits per heavy atom. The number of nitrogens with one attached hydrogen (secondary N) is 1. The van der Waals surface area contributed by atoms with Gasteiger partial charge in [0, 0.05) is 18.7 Å². The fourth-order valence-electron chi connectivity index (χ4n) is 2.53. The van der Waals surface area contributed by atoms with Crippen molar-refractivity contribution in [2.75, 3.05) is 7.11 Å². The Morgan fingerprint density at radius 2 is 1.71 bits per heavy atom. The van der Waals surface area contributed by atoms with E-state index >= 15 is 0 Å². The van der Waals surface area contributed by atoms with Gasteiger partial charge in [-0.3, -0.25) is 0 Å². The SMILES string of the molecule is CCn1nc(CNCc2ccc(OC)cc2)c(-c2ccccc2)n1. The van der Waals surface area contributed by atoms with Crippen molar-refractivity contribution in [2.24, 2.45) is 0 Å². The summed E-state index contributed by atoms with van der Waals surface area (Å²) in [5.41, 5.74) is 4.22. The lowest BCUT2D eigenvalue weighted by Crippen LogP contribution is -2.14. The molecule has 3 aromatic rings. The van der Waals surface area contributed by atoms with Crippen molar-refractivity contribution >= 4 is 0 Å². The molecular formula is C19H22N4O. The molecule has 0 bridgehead atoms. The van der Waals surface area contributed by atoms with Crippen LogP contribution in [0, 0.1) is 0 Å². The second kappa shape index (κ2) is 7.75. The number of aromatic nitrogens is 3. The van der Waals surface area contributed by atoms with Crippen molar-refractivity contribution in [1.82, 2.24) is 20.3 Å². The van der Waals surface area contributed by atoms with Gasteiger partial charge < -0.3 is 10.1 Å². The Morgan fingerprint density at radius 3 is 2.38 bits per heavy atom. The minimum atomic E-state index is 0.677. The summed E-state index contributed by atoms with van der Waals surface area (Å²) in [6, 6.07) is 18.3. The fourth-order valence-corrected chi connectivity index (χ4v) is 2.53. The van der Waals surface area contributed by atoms with E-state index in [-0.39, 0.29) is 0 Å². The molecule has 24 heavy (non-hydrogen) atoms. The number of ether oxygens (including phenoxy) is 1. The van der Waals surface area contributed by atoms with E-state index in [1.165, 1.54) is 5.56 Å². The summed E-state index contributed by atoms with van der Waals surface area (Å²) < 4.78 is 5.18. The van der Waals surface area contributed by atoms with E-state index in [4.69, 9.17) is 4.74 Å². The molecule has 0 saturated carbocycles. The van der Waals surface area contributed by atoms with E-state index in [9.17, 15) is 0 Å². The summed E-state index contributed by atoms with van der Waals surface area (Å²) in [6.45, 7) is 4.26. The van der Waals surface area contributed by atoms with Crippen LogP contribution in [0.3, 0.4) is 0 Å². The molecule has 0 aliphatic carbocycles. The molecule has 2 aromatic carbocycles. The Balaban J connectivity index is 1.69. The van der Waals surface area contributed by atoms with Crippen LogP contribution in [0.2, 0.25) is 0 Å². The molecule has 0 unspecified atom stereocenters.